The van der Waals surface area contributed by atoms with Gasteiger partial charge in [0.15, 0.2) is 11.5 Å². The summed E-state index contributed by atoms with van der Waals surface area (Å²) in [5, 5.41) is 6.38. The van der Waals surface area contributed by atoms with E-state index >= 15 is 0 Å². The number of likely N-dealkylation sites (tertiary alicyclic amines) is 1. The number of rotatable bonds is 9. The number of hydrogen-bond donors (Lipinski definition) is 2. The third kappa shape index (κ3) is 5.40. The highest BCUT2D eigenvalue weighted by atomic mass is 16.5. The fourth-order valence-electron chi connectivity index (χ4n) is 3.89. The second-order valence-electron chi connectivity index (χ2n) is 7.80. The van der Waals surface area contributed by atoms with Gasteiger partial charge in [-0.2, -0.15) is 0 Å². The van der Waals surface area contributed by atoms with Crippen molar-refractivity contribution in [2.45, 2.75) is 12.8 Å². The Kier molecular flexibility index (Phi) is 7.48. The number of anilines is 1. The van der Waals surface area contributed by atoms with E-state index in [0.29, 0.717) is 52.0 Å². The van der Waals surface area contributed by atoms with Crippen molar-refractivity contribution in [3.63, 3.8) is 0 Å². The molecule has 2 N–H and O–H groups in total. The van der Waals surface area contributed by atoms with E-state index in [0.717, 1.165) is 19.6 Å². The number of nitrogens with one attached hydrogen (secondary N) is 2. The summed E-state index contributed by atoms with van der Waals surface area (Å²) in [6, 6.07) is 8.39. The topological polar surface area (TPSA) is 107 Å². The summed E-state index contributed by atoms with van der Waals surface area (Å²) < 4.78 is 22.2. The van der Waals surface area contributed by atoms with Crippen LogP contribution in [0.15, 0.2) is 36.7 Å². The first-order valence-corrected chi connectivity index (χ1v) is 11.1. The summed E-state index contributed by atoms with van der Waals surface area (Å²) in [7, 11) is 4.66. The van der Waals surface area contributed by atoms with Crippen LogP contribution in [0.1, 0.15) is 12.8 Å². The van der Waals surface area contributed by atoms with Crippen molar-refractivity contribution < 1.29 is 23.7 Å². The van der Waals surface area contributed by atoms with Crippen molar-refractivity contribution in [1.82, 2.24) is 20.2 Å². The van der Waals surface area contributed by atoms with Crippen LogP contribution >= 0.6 is 0 Å². The van der Waals surface area contributed by atoms with Gasteiger partial charge in [0.25, 0.3) is 0 Å². The molecule has 2 aromatic carbocycles. The van der Waals surface area contributed by atoms with Gasteiger partial charge in [0.05, 0.1) is 37.9 Å². The van der Waals surface area contributed by atoms with Crippen LogP contribution in [0.2, 0.25) is 0 Å². The van der Waals surface area contributed by atoms with Crippen LogP contribution in [0.5, 0.6) is 28.9 Å². The molecule has 3 aromatic rings. The maximum atomic E-state index is 12.3. The first-order chi connectivity index (χ1) is 16.6. The molecule has 1 saturated heterocycles. The standard InChI is InChI=1S/C24H29N5O5/c1-31-20-12-16(6-7-18(20)28-24(30)25-8-11-29-9-4-5-10-29)34-23-17-13-21(32-2)22(33-3)14-19(17)26-15-27-23/h6-7,12-15H,4-5,8-11H2,1-3H3,(H2,25,28,30). The molecule has 1 aliphatic rings. The van der Waals surface area contributed by atoms with Crippen molar-refractivity contribution >= 4 is 22.6 Å². The van der Waals surface area contributed by atoms with Crippen LogP contribution in [0.3, 0.4) is 0 Å². The summed E-state index contributed by atoms with van der Waals surface area (Å²) in [6.07, 6.45) is 3.87. The van der Waals surface area contributed by atoms with E-state index in [-0.39, 0.29) is 6.03 Å². The van der Waals surface area contributed by atoms with Gasteiger partial charge >= 0.3 is 6.03 Å². The number of methoxy groups -OCH3 is 3. The van der Waals surface area contributed by atoms with Crippen molar-refractivity contribution in [2.75, 3.05) is 52.8 Å². The molecule has 0 unspecified atom stereocenters. The minimum Gasteiger partial charge on any atom is -0.494 e. The van der Waals surface area contributed by atoms with Crippen molar-refractivity contribution in [3.05, 3.63) is 36.7 Å². The SMILES string of the molecule is COc1cc(Oc2ncnc3cc(OC)c(OC)cc23)ccc1NC(=O)NCCN1CCCC1. The molecule has 10 nitrogen and oxygen atoms in total. The summed E-state index contributed by atoms with van der Waals surface area (Å²) in [5.74, 6) is 2.42. The number of ether oxygens (including phenoxy) is 4. The van der Waals surface area contributed by atoms with Gasteiger partial charge in [0.1, 0.15) is 17.8 Å². The molecular weight excluding hydrogens is 438 g/mol. The van der Waals surface area contributed by atoms with Gasteiger partial charge in [0.2, 0.25) is 5.88 Å². The lowest BCUT2D eigenvalue weighted by Crippen LogP contribution is -2.36. The number of benzene rings is 2. The minimum absolute atomic E-state index is 0.283. The Bertz CT molecular complexity index is 1150. The maximum Gasteiger partial charge on any atom is 0.319 e. The van der Waals surface area contributed by atoms with E-state index in [1.165, 1.54) is 26.3 Å². The zero-order chi connectivity index (χ0) is 23.9. The zero-order valence-corrected chi connectivity index (χ0v) is 19.6. The molecular formula is C24H29N5O5. The molecule has 0 radical (unpaired) electrons. The average Bonchev–Trinajstić information content (AvgIpc) is 3.37. The van der Waals surface area contributed by atoms with Crippen molar-refractivity contribution in [3.8, 4) is 28.9 Å². The zero-order valence-electron chi connectivity index (χ0n) is 19.6. The molecule has 0 spiro atoms. The van der Waals surface area contributed by atoms with Crippen LogP contribution in [0.25, 0.3) is 10.9 Å². The largest absolute Gasteiger partial charge is 0.494 e. The Morgan fingerprint density at radius 1 is 0.971 bits per heavy atom. The highest BCUT2D eigenvalue weighted by Gasteiger charge is 2.15. The monoisotopic (exact) mass is 467 g/mol. The molecule has 0 bridgehead atoms. The number of urea groups is 1. The number of carbonyl (C=O) groups excluding carboxylic acids is 1. The lowest BCUT2D eigenvalue weighted by atomic mass is 10.2. The molecule has 1 fully saturated rings. The molecule has 0 aliphatic carbocycles. The molecule has 180 valence electrons. The van der Waals surface area contributed by atoms with E-state index in [1.807, 2.05) is 0 Å². The maximum absolute atomic E-state index is 12.3. The normalized spacial score (nSPS) is 13.5. The fraction of sp³-hybridized carbons (Fsp3) is 0.375. The smallest absolute Gasteiger partial charge is 0.319 e. The number of aromatic nitrogens is 2. The Labute approximate surface area is 198 Å². The Balaban J connectivity index is 1.46. The minimum atomic E-state index is -0.283. The van der Waals surface area contributed by atoms with Crippen LogP contribution in [-0.4, -0.2) is 68.4 Å². The molecule has 2 heterocycles. The summed E-state index contributed by atoms with van der Waals surface area (Å²) >= 11 is 0. The predicted molar refractivity (Wildman–Crippen MR) is 128 cm³/mol. The van der Waals surface area contributed by atoms with Crippen LogP contribution in [0.4, 0.5) is 10.5 Å². The van der Waals surface area contributed by atoms with Gasteiger partial charge < -0.3 is 34.5 Å². The van der Waals surface area contributed by atoms with E-state index in [9.17, 15) is 4.79 Å². The molecule has 1 aromatic heterocycles. The number of carbonyl (C=O) groups is 1. The second-order valence-corrected chi connectivity index (χ2v) is 7.80. The molecule has 2 amide bonds. The molecule has 0 atom stereocenters. The lowest BCUT2D eigenvalue weighted by molar-refractivity contribution is 0.249. The predicted octanol–water partition coefficient (Wildman–Crippen LogP) is 3.67. The Hall–Kier alpha value is -3.79. The van der Waals surface area contributed by atoms with Gasteiger partial charge in [-0.05, 0) is 44.1 Å². The average molecular weight is 468 g/mol. The third-order valence-corrected chi connectivity index (χ3v) is 5.65. The fourth-order valence-corrected chi connectivity index (χ4v) is 3.89. The van der Waals surface area contributed by atoms with E-state index < -0.39 is 0 Å². The van der Waals surface area contributed by atoms with E-state index in [2.05, 4.69) is 25.5 Å². The Morgan fingerprint density at radius 3 is 2.44 bits per heavy atom. The van der Waals surface area contributed by atoms with Gasteiger partial charge in [0, 0.05) is 25.2 Å². The van der Waals surface area contributed by atoms with E-state index in [1.54, 1.807) is 44.6 Å². The number of fused-ring (bicyclic) bond motifs is 1. The van der Waals surface area contributed by atoms with Crippen molar-refractivity contribution in [1.29, 1.82) is 0 Å². The van der Waals surface area contributed by atoms with Gasteiger partial charge in [-0.25, -0.2) is 14.8 Å². The first kappa shape index (κ1) is 23.4. The van der Waals surface area contributed by atoms with Gasteiger partial charge in [-0.3, -0.25) is 0 Å². The highest BCUT2D eigenvalue weighted by molar-refractivity contribution is 5.91. The number of amides is 2. The molecule has 1 aliphatic heterocycles. The number of hydrogen-bond acceptors (Lipinski definition) is 8. The number of nitrogens with zero attached hydrogens (tertiary/aromatic N) is 3. The van der Waals surface area contributed by atoms with Crippen LogP contribution in [-0.2, 0) is 0 Å². The Morgan fingerprint density at radius 2 is 1.71 bits per heavy atom. The highest BCUT2D eigenvalue weighted by Crippen LogP contribution is 2.37. The first-order valence-electron chi connectivity index (χ1n) is 11.1. The lowest BCUT2D eigenvalue weighted by Gasteiger charge is -2.16. The summed E-state index contributed by atoms with van der Waals surface area (Å²) in [5.41, 5.74) is 1.19. The molecule has 34 heavy (non-hydrogen) atoms. The van der Waals surface area contributed by atoms with E-state index in [4.69, 9.17) is 18.9 Å². The van der Waals surface area contributed by atoms with Crippen molar-refractivity contribution in [2.24, 2.45) is 0 Å². The molecule has 10 heteroatoms. The summed E-state index contributed by atoms with van der Waals surface area (Å²) in [6.45, 7) is 3.63. The van der Waals surface area contributed by atoms with Gasteiger partial charge in [-0.1, -0.05) is 0 Å². The van der Waals surface area contributed by atoms with Crippen LogP contribution in [0, 0.1) is 0 Å². The van der Waals surface area contributed by atoms with Gasteiger partial charge in [-0.15, -0.1) is 0 Å². The third-order valence-electron chi connectivity index (χ3n) is 5.65. The summed E-state index contributed by atoms with van der Waals surface area (Å²) in [4.78, 5) is 23.2. The molecule has 4 rings (SSSR count). The quantitative estimate of drug-likeness (QED) is 0.491. The van der Waals surface area contributed by atoms with Crippen LogP contribution < -0.4 is 29.6 Å². The molecule has 0 saturated carbocycles. The second kappa shape index (κ2) is 10.9.